The van der Waals surface area contributed by atoms with Crippen molar-refractivity contribution >= 4 is 16.7 Å². The van der Waals surface area contributed by atoms with Crippen LogP contribution in [0.1, 0.15) is 38.4 Å². The predicted molar refractivity (Wildman–Crippen MR) is 55.2 cm³/mol. The van der Waals surface area contributed by atoms with E-state index < -0.39 is 0 Å². The van der Waals surface area contributed by atoms with Crippen molar-refractivity contribution in [3.8, 4) is 0 Å². The summed E-state index contributed by atoms with van der Waals surface area (Å²) in [6, 6.07) is 0.687. The van der Waals surface area contributed by atoms with E-state index >= 15 is 0 Å². The smallest absolute Gasteiger partial charge is 0.202 e. The van der Waals surface area contributed by atoms with E-state index in [-0.39, 0.29) is 0 Å². The molecule has 1 heterocycles. The molecule has 1 aromatic heterocycles. The Morgan fingerprint density at radius 3 is 3.08 bits per heavy atom. The van der Waals surface area contributed by atoms with Gasteiger partial charge in [0, 0.05) is 24.0 Å². The van der Waals surface area contributed by atoms with Crippen molar-refractivity contribution in [2.45, 2.75) is 45.1 Å². The largest absolute Gasteiger partial charge is 0.358 e. The molecular weight excluding hydrogens is 182 g/mol. The molecule has 4 heteroatoms. The van der Waals surface area contributed by atoms with Crippen LogP contribution >= 0.6 is 11.5 Å². The topological polar surface area (TPSA) is 37.8 Å². The summed E-state index contributed by atoms with van der Waals surface area (Å²) in [5, 5.41) is 4.37. The van der Waals surface area contributed by atoms with Crippen molar-refractivity contribution < 1.29 is 0 Å². The van der Waals surface area contributed by atoms with E-state index in [0.717, 1.165) is 17.4 Å². The van der Waals surface area contributed by atoms with Gasteiger partial charge >= 0.3 is 0 Å². The highest BCUT2D eigenvalue weighted by Crippen LogP contribution is 2.25. The van der Waals surface area contributed by atoms with E-state index in [1.807, 2.05) is 0 Å². The maximum atomic E-state index is 4.42. The Morgan fingerprint density at radius 1 is 1.54 bits per heavy atom. The summed E-state index contributed by atoms with van der Waals surface area (Å²) in [5.41, 5.74) is 0. The minimum Gasteiger partial charge on any atom is -0.358 e. The molecule has 1 aromatic rings. The summed E-state index contributed by atoms with van der Waals surface area (Å²) in [7, 11) is 0. The van der Waals surface area contributed by atoms with Crippen molar-refractivity contribution in [2.24, 2.45) is 0 Å². The molecule has 1 N–H and O–H groups in total. The number of aryl methyl sites for hydroxylation is 1. The zero-order chi connectivity index (χ0) is 9.10. The van der Waals surface area contributed by atoms with Crippen LogP contribution < -0.4 is 5.32 Å². The average molecular weight is 197 g/mol. The van der Waals surface area contributed by atoms with Crippen molar-refractivity contribution in [3.63, 3.8) is 0 Å². The van der Waals surface area contributed by atoms with Crippen LogP contribution in [0.5, 0.6) is 0 Å². The highest BCUT2D eigenvalue weighted by Gasteiger charge is 2.22. The molecule has 72 valence electrons. The van der Waals surface area contributed by atoms with Gasteiger partial charge in [-0.2, -0.15) is 4.37 Å². The van der Waals surface area contributed by atoms with Gasteiger partial charge in [0.25, 0.3) is 0 Å². The molecule has 3 nitrogen and oxygen atoms in total. The number of aromatic nitrogens is 2. The molecule has 1 fully saturated rings. The van der Waals surface area contributed by atoms with E-state index in [1.165, 1.54) is 37.2 Å². The van der Waals surface area contributed by atoms with Crippen LogP contribution in [-0.4, -0.2) is 15.4 Å². The Hall–Kier alpha value is -0.640. The minimum absolute atomic E-state index is 0.687. The van der Waals surface area contributed by atoms with E-state index in [4.69, 9.17) is 0 Å². The van der Waals surface area contributed by atoms with E-state index in [2.05, 4.69) is 21.6 Å². The van der Waals surface area contributed by atoms with Gasteiger partial charge in [0.05, 0.1) is 0 Å². The first kappa shape index (κ1) is 8.94. The number of rotatable bonds is 5. The standard InChI is InChI=1S/C9H15N3S/c1-2-3-4-8-11-9(13-12-8)10-7-5-6-7/h7H,2-6H2,1H3,(H,10,11,12). The molecule has 0 amide bonds. The van der Waals surface area contributed by atoms with Gasteiger partial charge in [0.2, 0.25) is 5.13 Å². The molecule has 1 saturated carbocycles. The average Bonchev–Trinajstić information content (AvgIpc) is 2.81. The molecule has 0 radical (unpaired) electrons. The van der Waals surface area contributed by atoms with Gasteiger partial charge in [-0.25, -0.2) is 4.98 Å². The molecule has 0 spiro atoms. The van der Waals surface area contributed by atoms with Crippen LogP contribution in [-0.2, 0) is 6.42 Å². The molecule has 2 rings (SSSR count). The van der Waals surface area contributed by atoms with Crippen LogP contribution in [0.2, 0.25) is 0 Å². The minimum atomic E-state index is 0.687. The van der Waals surface area contributed by atoms with Gasteiger partial charge in [-0.3, -0.25) is 0 Å². The van der Waals surface area contributed by atoms with E-state index in [1.54, 1.807) is 0 Å². The first-order valence-electron chi connectivity index (χ1n) is 4.97. The normalized spacial score (nSPS) is 16.1. The highest BCUT2D eigenvalue weighted by molar-refractivity contribution is 7.09. The predicted octanol–water partition coefficient (Wildman–Crippen LogP) is 2.46. The summed E-state index contributed by atoms with van der Waals surface area (Å²) in [4.78, 5) is 4.42. The highest BCUT2D eigenvalue weighted by atomic mass is 32.1. The molecule has 0 bridgehead atoms. The second-order valence-corrected chi connectivity index (χ2v) is 4.29. The van der Waals surface area contributed by atoms with Gasteiger partial charge in [0.1, 0.15) is 5.82 Å². The number of unbranched alkanes of at least 4 members (excludes halogenated alkanes) is 1. The first-order valence-corrected chi connectivity index (χ1v) is 5.75. The molecule has 1 aliphatic carbocycles. The van der Waals surface area contributed by atoms with Gasteiger partial charge in [-0.15, -0.1) is 0 Å². The molecule has 0 aliphatic heterocycles. The fraction of sp³-hybridized carbons (Fsp3) is 0.778. The molecule has 1 aliphatic rings. The number of hydrogen-bond donors (Lipinski definition) is 1. The molecule has 0 saturated heterocycles. The second kappa shape index (κ2) is 4.05. The van der Waals surface area contributed by atoms with Crippen molar-refractivity contribution in [1.29, 1.82) is 0 Å². The second-order valence-electron chi connectivity index (χ2n) is 3.54. The number of hydrogen-bond acceptors (Lipinski definition) is 4. The lowest BCUT2D eigenvalue weighted by atomic mass is 10.2. The number of anilines is 1. The molecule has 0 unspecified atom stereocenters. The van der Waals surface area contributed by atoms with E-state index in [0.29, 0.717) is 6.04 Å². The molecule has 0 atom stereocenters. The Kier molecular flexibility index (Phi) is 2.78. The van der Waals surface area contributed by atoms with Crippen LogP contribution in [0, 0.1) is 0 Å². The Labute approximate surface area is 82.8 Å². The fourth-order valence-electron chi connectivity index (χ4n) is 1.15. The van der Waals surface area contributed by atoms with Crippen molar-refractivity contribution in [1.82, 2.24) is 9.36 Å². The molecule has 13 heavy (non-hydrogen) atoms. The zero-order valence-electron chi connectivity index (χ0n) is 7.92. The number of nitrogens with one attached hydrogen (secondary N) is 1. The third kappa shape index (κ3) is 2.66. The van der Waals surface area contributed by atoms with Gasteiger partial charge < -0.3 is 5.32 Å². The quantitative estimate of drug-likeness (QED) is 0.788. The Morgan fingerprint density at radius 2 is 2.38 bits per heavy atom. The van der Waals surface area contributed by atoms with Crippen LogP contribution in [0.25, 0.3) is 0 Å². The maximum Gasteiger partial charge on any atom is 0.202 e. The molecular formula is C9H15N3S. The number of nitrogens with zero attached hydrogens (tertiary/aromatic N) is 2. The summed E-state index contributed by atoms with van der Waals surface area (Å²) >= 11 is 1.50. The van der Waals surface area contributed by atoms with Crippen molar-refractivity contribution in [3.05, 3.63) is 5.82 Å². The summed E-state index contributed by atoms with van der Waals surface area (Å²) in [6.07, 6.45) is 6.03. The van der Waals surface area contributed by atoms with Gasteiger partial charge in [-0.1, -0.05) is 13.3 Å². The monoisotopic (exact) mass is 197 g/mol. The van der Waals surface area contributed by atoms with Gasteiger partial charge in [-0.05, 0) is 19.3 Å². The van der Waals surface area contributed by atoms with Crippen LogP contribution in [0.4, 0.5) is 5.13 Å². The van der Waals surface area contributed by atoms with Crippen LogP contribution in [0.15, 0.2) is 0 Å². The van der Waals surface area contributed by atoms with E-state index in [9.17, 15) is 0 Å². The first-order chi connectivity index (χ1) is 6.38. The fourth-order valence-corrected chi connectivity index (χ4v) is 1.84. The summed E-state index contributed by atoms with van der Waals surface area (Å²) in [6.45, 7) is 2.19. The SMILES string of the molecule is CCCCc1nsc(NC2CC2)n1. The third-order valence-corrected chi connectivity index (χ3v) is 2.81. The zero-order valence-corrected chi connectivity index (χ0v) is 8.73. The lowest BCUT2D eigenvalue weighted by Gasteiger charge is -1.94. The van der Waals surface area contributed by atoms with Crippen LogP contribution in [0.3, 0.4) is 0 Å². The lowest BCUT2D eigenvalue weighted by Crippen LogP contribution is -2.00. The molecule has 0 aromatic carbocycles. The summed E-state index contributed by atoms with van der Waals surface area (Å²) < 4.78 is 4.30. The summed E-state index contributed by atoms with van der Waals surface area (Å²) in [5.74, 6) is 1.01. The Balaban J connectivity index is 1.84. The Bertz CT molecular complexity index is 268. The maximum absolute atomic E-state index is 4.42. The van der Waals surface area contributed by atoms with Crippen molar-refractivity contribution in [2.75, 3.05) is 5.32 Å². The third-order valence-electron chi connectivity index (χ3n) is 2.13. The lowest BCUT2D eigenvalue weighted by molar-refractivity contribution is 0.765. The van der Waals surface area contributed by atoms with Gasteiger partial charge in [0.15, 0.2) is 0 Å².